The number of ether oxygens (including phenoxy) is 2. The van der Waals surface area contributed by atoms with E-state index in [0.717, 1.165) is 6.07 Å². The third kappa shape index (κ3) is 6.64. The number of nitriles is 1. The summed E-state index contributed by atoms with van der Waals surface area (Å²) in [5.41, 5.74) is -0.191. The minimum Gasteiger partial charge on any atom is -0.456 e. The van der Waals surface area contributed by atoms with Gasteiger partial charge in [0.2, 0.25) is 0 Å². The number of amides is 1. The second kappa shape index (κ2) is 9.83. The summed E-state index contributed by atoms with van der Waals surface area (Å²) in [5.74, 6) is -3.94. The van der Waals surface area contributed by atoms with Crippen molar-refractivity contribution in [3.8, 4) is 11.8 Å². The normalized spacial score (nSPS) is 11.2. The van der Waals surface area contributed by atoms with Crippen LogP contribution in [0.3, 0.4) is 0 Å². The van der Waals surface area contributed by atoms with Crippen molar-refractivity contribution in [2.24, 2.45) is 5.92 Å². The highest BCUT2D eigenvalue weighted by Gasteiger charge is 2.21. The van der Waals surface area contributed by atoms with Crippen molar-refractivity contribution >= 4 is 23.4 Å². The first kappa shape index (κ1) is 20.7. The van der Waals surface area contributed by atoms with E-state index in [1.165, 1.54) is 25.1 Å². The molecule has 1 rings (SSSR count). The van der Waals surface area contributed by atoms with E-state index in [1.807, 2.05) is 0 Å². The quantitative estimate of drug-likeness (QED) is 0.500. The Morgan fingerprint density at radius 2 is 2.04 bits per heavy atom. The van der Waals surface area contributed by atoms with Gasteiger partial charge in [-0.2, -0.15) is 14.0 Å². The average molecular weight is 367 g/mol. The highest BCUT2D eigenvalue weighted by Crippen LogP contribution is 2.15. The molecule has 1 amide bonds. The Balaban J connectivity index is 2.50. The van der Waals surface area contributed by atoms with Crippen molar-refractivity contribution in [2.45, 2.75) is 13.5 Å². The van der Waals surface area contributed by atoms with Gasteiger partial charge >= 0.3 is 12.6 Å². The minimum atomic E-state index is -3.04. The number of carbonyl (C=O) groups is 3. The van der Waals surface area contributed by atoms with Crippen LogP contribution in [0.25, 0.3) is 0 Å². The van der Waals surface area contributed by atoms with Crippen molar-refractivity contribution in [1.29, 1.82) is 10.7 Å². The zero-order valence-corrected chi connectivity index (χ0v) is 13.6. The number of nitrogens with one attached hydrogen (secondary N) is 2. The Morgan fingerprint density at radius 1 is 1.35 bits per heavy atom. The predicted octanol–water partition coefficient (Wildman–Crippen LogP) is 1.31. The monoisotopic (exact) mass is 367 g/mol. The molecule has 0 aromatic heterocycles. The van der Waals surface area contributed by atoms with Gasteiger partial charge in [0, 0.05) is 11.3 Å². The maximum atomic E-state index is 12.1. The molecule has 0 aliphatic heterocycles. The molecule has 1 aromatic rings. The Bertz CT molecular complexity index is 746. The number of halogens is 2. The number of esters is 1. The smallest absolute Gasteiger partial charge is 0.387 e. The lowest BCUT2D eigenvalue weighted by atomic mass is 10.0. The molecule has 0 aliphatic rings. The van der Waals surface area contributed by atoms with Gasteiger partial charge in [0.1, 0.15) is 18.2 Å². The molecule has 2 N–H and O–H groups in total. The van der Waals surface area contributed by atoms with Crippen LogP contribution in [0.1, 0.15) is 17.3 Å². The summed E-state index contributed by atoms with van der Waals surface area (Å²) < 4.78 is 33.1. The van der Waals surface area contributed by atoms with Crippen LogP contribution in [0.15, 0.2) is 24.3 Å². The molecule has 26 heavy (non-hydrogen) atoms. The number of ketones is 1. The second-order valence-corrected chi connectivity index (χ2v) is 4.96. The average Bonchev–Trinajstić information content (AvgIpc) is 2.57. The first-order chi connectivity index (χ1) is 12.2. The van der Waals surface area contributed by atoms with Crippen molar-refractivity contribution in [1.82, 2.24) is 5.32 Å². The molecule has 0 aliphatic carbocycles. The van der Waals surface area contributed by atoms with Gasteiger partial charge in [-0.05, 0) is 25.1 Å². The topological polar surface area (TPSA) is 129 Å². The molecule has 0 bridgehead atoms. The van der Waals surface area contributed by atoms with Crippen LogP contribution >= 0.6 is 0 Å². The van der Waals surface area contributed by atoms with E-state index in [1.54, 1.807) is 6.07 Å². The lowest BCUT2D eigenvalue weighted by Gasteiger charge is -2.09. The summed E-state index contributed by atoms with van der Waals surface area (Å²) in [7, 11) is 0. The standard InChI is InChI=1S/C16H15F2N3O5/c1-9(20)12(6-19)13(22)8-25-14(23)7-21-15(24)10-3-2-4-11(5-10)26-16(17)18/h2-5,12,16,20H,7-8H2,1H3,(H,21,24). The largest absolute Gasteiger partial charge is 0.456 e. The Morgan fingerprint density at radius 3 is 2.62 bits per heavy atom. The van der Waals surface area contributed by atoms with E-state index in [-0.39, 0.29) is 17.0 Å². The van der Waals surface area contributed by atoms with Gasteiger partial charge in [-0.3, -0.25) is 14.4 Å². The van der Waals surface area contributed by atoms with Gasteiger partial charge in [0.05, 0.1) is 6.07 Å². The summed E-state index contributed by atoms with van der Waals surface area (Å²) in [4.78, 5) is 35.0. The van der Waals surface area contributed by atoms with Gasteiger partial charge in [-0.25, -0.2) is 0 Å². The Hall–Kier alpha value is -3.35. The predicted molar refractivity (Wildman–Crippen MR) is 83.9 cm³/mol. The third-order valence-electron chi connectivity index (χ3n) is 2.97. The van der Waals surface area contributed by atoms with E-state index in [9.17, 15) is 23.2 Å². The number of rotatable bonds is 9. The number of hydrogen-bond donors (Lipinski definition) is 2. The lowest BCUT2D eigenvalue weighted by molar-refractivity contribution is -0.147. The lowest BCUT2D eigenvalue weighted by Crippen LogP contribution is -2.32. The summed E-state index contributed by atoms with van der Waals surface area (Å²) >= 11 is 0. The van der Waals surface area contributed by atoms with Crippen LogP contribution in [0.4, 0.5) is 8.78 Å². The van der Waals surface area contributed by atoms with Gasteiger partial charge in [0.15, 0.2) is 12.4 Å². The van der Waals surface area contributed by atoms with E-state index >= 15 is 0 Å². The number of carbonyl (C=O) groups excluding carboxylic acids is 3. The first-order valence-corrected chi connectivity index (χ1v) is 7.20. The van der Waals surface area contributed by atoms with Crippen LogP contribution in [0.2, 0.25) is 0 Å². The van der Waals surface area contributed by atoms with Gasteiger partial charge in [-0.1, -0.05) is 6.07 Å². The van der Waals surface area contributed by atoms with E-state index in [0.29, 0.717) is 0 Å². The fourth-order valence-corrected chi connectivity index (χ4v) is 1.76. The van der Waals surface area contributed by atoms with E-state index < -0.39 is 43.3 Å². The zero-order valence-electron chi connectivity index (χ0n) is 13.6. The molecule has 0 heterocycles. The highest BCUT2D eigenvalue weighted by molar-refractivity contribution is 6.06. The summed E-state index contributed by atoms with van der Waals surface area (Å²) in [6.07, 6.45) is 0. The fraction of sp³-hybridized carbons (Fsp3) is 0.312. The Labute approximate surface area is 147 Å². The highest BCUT2D eigenvalue weighted by atomic mass is 19.3. The second-order valence-electron chi connectivity index (χ2n) is 4.96. The van der Waals surface area contributed by atoms with Gasteiger partial charge < -0.3 is 20.2 Å². The first-order valence-electron chi connectivity index (χ1n) is 7.20. The fourth-order valence-electron chi connectivity index (χ4n) is 1.76. The van der Waals surface area contributed by atoms with Crippen LogP contribution in [0, 0.1) is 22.7 Å². The molecule has 0 fully saturated rings. The van der Waals surface area contributed by atoms with Crippen molar-refractivity contribution < 1.29 is 32.6 Å². The van der Waals surface area contributed by atoms with Crippen LogP contribution in [-0.4, -0.2) is 43.1 Å². The number of benzene rings is 1. The number of alkyl halides is 2. The van der Waals surface area contributed by atoms with Gasteiger partial charge in [0.25, 0.3) is 5.91 Å². The molecule has 1 unspecified atom stereocenters. The molecular formula is C16H15F2N3O5. The molecule has 138 valence electrons. The third-order valence-corrected chi connectivity index (χ3v) is 2.97. The minimum absolute atomic E-state index is 0.0176. The summed E-state index contributed by atoms with van der Waals surface area (Å²) in [6, 6.07) is 6.57. The number of Topliss-reactive ketones (excluding diaryl/α,β-unsaturated/α-hetero) is 1. The molecular weight excluding hydrogens is 352 g/mol. The molecule has 0 spiro atoms. The number of nitrogens with zero attached hydrogens (tertiary/aromatic N) is 1. The van der Waals surface area contributed by atoms with E-state index in [4.69, 9.17) is 10.7 Å². The van der Waals surface area contributed by atoms with Crippen molar-refractivity contribution in [3.05, 3.63) is 29.8 Å². The zero-order chi connectivity index (χ0) is 19.7. The van der Waals surface area contributed by atoms with E-state index in [2.05, 4.69) is 14.8 Å². The molecule has 1 aromatic carbocycles. The molecule has 10 heteroatoms. The molecule has 8 nitrogen and oxygen atoms in total. The van der Waals surface area contributed by atoms with Gasteiger partial charge in [-0.15, -0.1) is 0 Å². The van der Waals surface area contributed by atoms with Crippen LogP contribution < -0.4 is 10.1 Å². The molecule has 0 saturated carbocycles. The summed E-state index contributed by atoms with van der Waals surface area (Å²) in [5, 5.41) is 18.2. The van der Waals surface area contributed by atoms with Crippen molar-refractivity contribution in [3.63, 3.8) is 0 Å². The van der Waals surface area contributed by atoms with Crippen molar-refractivity contribution in [2.75, 3.05) is 13.2 Å². The summed E-state index contributed by atoms with van der Waals surface area (Å²) in [6.45, 7) is -3.05. The number of hydrogen-bond acceptors (Lipinski definition) is 7. The maximum Gasteiger partial charge on any atom is 0.387 e. The SMILES string of the molecule is CC(=N)C(C#N)C(=O)COC(=O)CNC(=O)c1cccc(OC(F)F)c1. The maximum absolute atomic E-state index is 12.1. The van der Waals surface area contributed by atoms with Crippen LogP contribution in [-0.2, 0) is 14.3 Å². The molecule has 0 radical (unpaired) electrons. The molecule has 1 atom stereocenters. The Kier molecular flexibility index (Phi) is 7.82. The van der Waals surface area contributed by atoms with Crippen LogP contribution in [0.5, 0.6) is 5.75 Å². The molecule has 0 saturated heterocycles.